The van der Waals surface area contributed by atoms with E-state index in [-0.39, 0.29) is 42.1 Å². The van der Waals surface area contributed by atoms with Gasteiger partial charge in [0.1, 0.15) is 18.3 Å². The lowest BCUT2D eigenvalue weighted by Gasteiger charge is -2.43. The van der Waals surface area contributed by atoms with Crippen LogP contribution in [-0.4, -0.2) is 46.9 Å². The Labute approximate surface area is 228 Å². The quantitative estimate of drug-likeness (QED) is 0.260. The van der Waals surface area contributed by atoms with E-state index < -0.39 is 5.41 Å². The molecule has 1 aromatic heterocycles. The number of allylic oxidation sites excluding steroid dienone is 2. The van der Waals surface area contributed by atoms with Crippen molar-refractivity contribution in [3.05, 3.63) is 48.1 Å². The molecule has 2 aliphatic carbocycles. The lowest BCUT2D eigenvalue weighted by Crippen LogP contribution is -2.42. The minimum absolute atomic E-state index is 0.216. The molecule has 0 fully saturated rings. The third-order valence-corrected chi connectivity index (χ3v) is 7.87. The molecular weight excluding hydrogens is 480 g/mol. The van der Waals surface area contributed by atoms with Gasteiger partial charge in [-0.2, -0.15) is 0 Å². The highest BCUT2D eigenvalue weighted by Gasteiger charge is 2.41. The fraction of sp³-hybridized carbons (Fsp3) is 0.645. The lowest BCUT2D eigenvalue weighted by molar-refractivity contribution is -0.166. The molecule has 0 saturated carbocycles. The smallest absolute Gasteiger partial charge is 0.331 e. The second-order valence-electron chi connectivity index (χ2n) is 12.2. The van der Waals surface area contributed by atoms with E-state index in [4.69, 9.17) is 14.2 Å². The van der Waals surface area contributed by atoms with Gasteiger partial charge in [0.25, 0.3) is 0 Å². The molecule has 0 N–H and O–H groups in total. The number of rotatable bonds is 6. The summed E-state index contributed by atoms with van der Waals surface area (Å²) in [4.78, 5) is 30.0. The zero-order valence-corrected chi connectivity index (χ0v) is 24.3. The first-order chi connectivity index (χ1) is 17.9. The molecule has 3 rings (SSSR count). The number of carbonyl (C=O) groups excluding carboxylic acids is 2. The Morgan fingerprint density at radius 3 is 2.50 bits per heavy atom. The highest BCUT2D eigenvalue weighted by molar-refractivity contribution is 5.86. The normalized spacial score (nSPS) is 28.6. The van der Waals surface area contributed by atoms with Crippen molar-refractivity contribution in [1.29, 1.82) is 0 Å². The molecule has 0 aromatic carbocycles. The van der Waals surface area contributed by atoms with Gasteiger partial charge in [0.05, 0.1) is 17.4 Å². The molecule has 0 spiro atoms. The van der Waals surface area contributed by atoms with Crippen molar-refractivity contribution in [3.63, 3.8) is 0 Å². The number of methoxy groups -OCH3 is 1. The minimum atomic E-state index is -0.599. The molecule has 6 atom stereocenters. The van der Waals surface area contributed by atoms with Crippen LogP contribution in [0, 0.1) is 29.1 Å². The number of aromatic nitrogens is 2. The second-order valence-corrected chi connectivity index (χ2v) is 12.2. The molecule has 38 heavy (non-hydrogen) atoms. The van der Waals surface area contributed by atoms with Crippen molar-refractivity contribution in [2.24, 2.45) is 36.1 Å². The van der Waals surface area contributed by atoms with Crippen LogP contribution in [0.4, 0.5) is 0 Å². The molecule has 0 aliphatic heterocycles. The molecule has 0 radical (unpaired) electrons. The summed E-state index contributed by atoms with van der Waals surface area (Å²) >= 11 is 0. The zero-order chi connectivity index (χ0) is 28.0. The van der Waals surface area contributed by atoms with Crippen LogP contribution in [0.5, 0.6) is 0 Å². The number of aryl methyl sites for hydroxylation is 1. The Balaban J connectivity index is 1.90. The Bertz CT molecular complexity index is 1040. The van der Waals surface area contributed by atoms with E-state index in [0.717, 1.165) is 12.8 Å². The number of carbonyl (C=O) groups is 2. The number of hydrogen-bond donors (Lipinski definition) is 0. The van der Waals surface area contributed by atoms with Gasteiger partial charge in [-0.15, -0.1) is 0 Å². The maximum absolute atomic E-state index is 12.9. The van der Waals surface area contributed by atoms with E-state index in [1.54, 1.807) is 19.5 Å². The lowest BCUT2D eigenvalue weighted by atomic mass is 9.64. The van der Waals surface area contributed by atoms with E-state index in [1.807, 2.05) is 50.7 Å². The number of hydrogen-bond acceptors (Lipinski definition) is 6. The SMILES string of the molecule is CO[C@@H]1C=CC[C@@H](OC(=O)C=Cc2cn(C)cn2)C[C@H]2C(C)=CC[C@H](C(C)C)[C@H]2C[C@H]1OC(=O)C(C)(C)C. The summed E-state index contributed by atoms with van der Waals surface area (Å²) in [6.07, 6.45) is 14.9. The summed E-state index contributed by atoms with van der Waals surface area (Å²) in [5, 5.41) is 0. The summed E-state index contributed by atoms with van der Waals surface area (Å²) in [5.41, 5.74) is 1.43. The Hall–Kier alpha value is -2.67. The standard InChI is InChI=1S/C31H46N2O5/c1-20(2)24-14-12-21(3)25-16-23(37-29(34)15-13-22-18-33(7)19-32-22)10-9-11-27(36-8)28(17-26(24)25)38-30(35)31(4,5)6/h9,11-13,15,18-20,23-28H,10,14,16-17H2,1-8H3/t23-,24-,25+,26-,27-,28-/m1/s1. The minimum Gasteiger partial charge on any atom is -0.459 e. The zero-order valence-electron chi connectivity index (χ0n) is 24.3. The fourth-order valence-electron chi connectivity index (χ4n) is 5.65. The molecule has 7 nitrogen and oxygen atoms in total. The van der Waals surface area contributed by atoms with Gasteiger partial charge in [0, 0.05) is 32.9 Å². The third-order valence-electron chi connectivity index (χ3n) is 7.87. The van der Waals surface area contributed by atoms with Gasteiger partial charge in [-0.1, -0.05) is 37.6 Å². The number of ether oxygens (including phenoxy) is 3. The first-order valence-electron chi connectivity index (χ1n) is 13.8. The van der Waals surface area contributed by atoms with Gasteiger partial charge < -0.3 is 18.8 Å². The van der Waals surface area contributed by atoms with Gasteiger partial charge in [-0.25, -0.2) is 9.78 Å². The van der Waals surface area contributed by atoms with Crippen LogP contribution in [-0.2, 0) is 30.8 Å². The number of imidazole rings is 1. The van der Waals surface area contributed by atoms with Crippen LogP contribution in [0.3, 0.4) is 0 Å². The molecule has 0 amide bonds. The largest absolute Gasteiger partial charge is 0.459 e. The van der Waals surface area contributed by atoms with Crippen LogP contribution in [0.25, 0.3) is 6.08 Å². The van der Waals surface area contributed by atoms with Crippen LogP contribution < -0.4 is 0 Å². The van der Waals surface area contributed by atoms with Crippen LogP contribution >= 0.6 is 0 Å². The van der Waals surface area contributed by atoms with E-state index in [2.05, 4.69) is 31.8 Å². The van der Waals surface area contributed by atoms with Crippen molar-refractivity contribution in [2.45, 2.75) is 85.5 Å². The highest BCUT2D eigenvalue weighted by atomic mass is 16.6. The first kappa shape index (κ1) is 29.9. The first-order valence-corrected chi connectivity index (χ1v) is 13.8. The van der Waals surface area contributed by atoms with Crippen LogP contribution in [0.1, 0.15) is 72.9 Å². The molecule has 0 bridgehead atoms. The fourth-order valence-corrected chi connectivity index (χ4v) is 5.65. The summed E-state index contributed by atoms with van der Waals surface area (Å²) in [6, 6.07) is 0. The maximum atomic E-state index is 12.9. The molecule has 7 heteroatoms. The Morgan fingerprint density at radius 2 is 1.89 bits per heavy atom. The van der Waals surface area contributed by atoms with E-state index in [9.17, 15) is 9.59 Å². The molecule has 2 aliphatic rings. The average Bonchev–Trinajstić information content (AvgIpc) is 3.26. The van der Waals surface area contributed by atoms with Crippen molar-refractivity contribution >= 4 is 18.0 Å². The number of fused-ring (bicyclic) bond motifs is 1. The Kier molecular flexibility index (Phi) is 10.2. The monoisotopic (exact) mass is 526 g/mol. The van der Waals surface area contributed by atoms with Gasteiger partial charge in [-0.05, 0) is 76.7 Å². The average molecular weight is 527 g/mol. The summed E-state index contributed by atoms with van der Waals surface area (Å²) in [5.74, 6) is 0.789. The van der Waals surface area contributed by atoms with Crippen molar-refractivity contribution in [2.75, 3.05) is 7.11 Å². The van der Waals surface area contributed by atoms with Crippen LogP contribution in [0.15, 0.2) is 42.4 Å². The number of esters is 2. The van der Waals surface area contributed by atoms with E-state index in [1.165, 1.54) is 11.6 Å². The topological polar surface area (TPSA) is 79.7 Å². The van der Waals surface area contributed by atoms with Gasteiger partial charge in [-0.3, -0.25) is 4.79 Å². The highest BCUT2D eigenvalue weighted by Crippen LogP contribution is 2.45. The van der Waals surface area contributed by atoms with Crippen LogP contribution in [0.2, 0.25) is 0 Å². The number of nitrogens with zero attached hydrogens (tertiary/aromatic N) is 2. The molecule has 0 saturated heterocycles. The summed E-state index contributed by atoms with van der Waals surface area (Å²) in [7, 11) is 3.54. The van der Waals surface area contributed by atoms with Crippen molar-refractivity contribution in [3.8, 4) is 0 Å². The van der Waals surface area contributed by atoms with E-state index >= 15 is 0 Å². The predicted octanol–water partition coefficient (Wildman–Crippen LogP) is 5.91. The molecule has 1 aromatic rings. The third kappa shape index (κ3) is 7.92. The maximum Gasteiger partial charge on any atom is 0.331 e. The predicted molar refractivity (Wildman–Crippen MR) is 149 cm³/mol. The summed E-state index contributed by atoms with van der Waals surface area (Å²) < 4.78 is 19.8. The molecular formula is C31H46N2O5. The molecule has 210 valence electrons. The molecule has 1 heterocycles. The van der Waals surface area contributed by atoms with E-state index in [0.29, 0.717) is 30.4 Å². The van der Waals surface area contributed by atoms with Crippen molar-refractivity contribution in [1.82, 2.24) is 9.55 Å². The van der Waals surface area contributed by atoms with Gasteiger partial charge in [0.2, 0.25) is 0 Å². The second kappa shape index (κ2) is 12.9. The molecule has 0 unspecified atom stereocenters. The summed E-state index contributed by atoms with van der Waals surface area (Å²) in [6.45, 7) is 12.3. The van der Waals surface area contributed by atoms with Gasteiger partial charge >= 0.3 is 11.9 Å². The van der Waals surface area contributed by atoms with Crippen molar-refractivity contribution < 1.29 is 23.8 Å². The van der Waals surface area contributed by atoms with Gasteiger partial charge in [0.15, 0.2) is 0 Å². The Morgan fingerprint density at radius 1 is 1.16 bits per heavy atom.